The number of esters is 1. The lowest BCUT2D eigenvalue weighted by atomic mass is 10.0. The quantitative estimate of drug-likeness (QED) is 0.0985. The van der Waals surface area contributed by atoms with Gasteiger partial charge in [-0.05, 0) is 55.0 Å². The fourth-order valence-corrected chi connectivity index (χ4v) is 4.44. The highest BCUT2D eigenvalue weighted by Gasteiger charge is 2.22. The number of aryl methyl sites for hydroxylation is 1. The van der Waals surface area contributed by atoms with Gasteiger partial charge in [0.2, 0.25) is 0 Å². The van der Waals surface area contributed by atoms with Crippen molar-refractivity contribution < 1.29 is 23.5 Å². The first-order chi connectivity index (χ1) is 19.4. The Balaban J connectivity index is 1.37. The number of ether oxygens (including phenoxy) is 2. The Bertz CT molecular complexity index is 1760. The molecule has 40 heavy (non-hydrogen) atoms. The summed E-state index contributed by atoms with van der Waals surface area (Å²) in [5.74, 6) is -1.06. The van der Waals surface area contributed by atoms with Gasteiger partial charge in [0.15, 0.2) is 11.5 Å². The molecular formula is C31H23ClFN3O4. The minimum Gasteiger partial charge on any atom is -0.493 e. The summed E-state index contributed by atoms with van der Waals surface area (Å²) in [6.07, 6.45) is 1.41. The molecule has 0 aliphatic heterocycles. The fraction of sp³-hybridized carbons (Fsp3) is 0.0645. The maximum absolute atomic E-state index is 14.6. The zero-order valence-corrected chi connectivity index (χ0v) is 22.3. The topological polar surface area (TPSA) is 92.8 Å². The summed E-state index contributed by atoms with van der Waals surface area (Å²) < 4.78 is 25.4. The van der Waals surface area contributed by atoms with Crippen LogP contribution in [0, 0.1) is 12.7 Å². The Hall–Kier alpha value is -4.95. The molecule has 0 aliphatic carbocycles. The first kappa shape index (κ1) is 26.6. The maximum atomic E-state index is 14.6. The highest BCUT2D eigenvalue weighted by Crippen LogP contribution is 2.37. The van der Waals surface area contributed by atoms with Gasteiger partial charge >= 0.3 is 5.97 Å². The van der Waals surface area contributed by atoms with Crippen molar-refractivity contribution in [3.05, 3.63) is 118 Å². The van der Waals surface area contributed by atoms with Crippen LogP contribution < -0.4 is 14.9 Å². The number of amides is 1. The molecule has 0 bridgehead atoms. The molecule has 0 spiro atoms. The van der Waals surface area contributed by atoms with Crippen LogP contribution in [0.25, 0.3) is 22.0 Å². The lowest BCUT2D eigenvalue weighted by Gasteiger charge is -2.10. The predicted octanol–water partition coefficient (Wildman–Crippen LogP) is 6.93. The minimum atomic E-state index is -0.586. The van der Waals surface area contributed by atoms with Crippen molar-refractivity contribution in [2.45, 2.75) is 6.92 Å². The van der Waals surface area contributed by atoms with Gasteiger partial charge in [0, 0.05) is 21.5 Å². The number of nitrogens with one attached hydrogen (secondary N) is 2. The zero-order valence-electron chi connectivity index (χ0n) is 21.5. The number of aromatic amines is 1. The SMILES string of the molecule is COc1cc(C=NNC(=O)c2[nH]c3c(F)cccc3c2-c2ccccc2Cl)ccc1OC(=O)c1ccc(C)cc1. The Morgan fingerprint density at radius 2 is 1.75 bits per heavy atom. The number of para-hydroxylation sites is 1. The first-order valence-corrected chi connectivity index (χ1v) is 12.6. The largest absolute Gasteiger partial charge is 0.493 e. The number of halogens is 2. The third-order valence-corrected chi connectivity index (χ3v) is 6.54. The number of nitrogens with zero attached hydrogens (tertiary/aromatic N) is 1. The number of hydrogen-bond acceptors (Lipinski definition) is 5. The average molecular weight is 556 g/mol. The summed E-state index contributed by atoms with van der Waals surface area (Å²) in [6.45, 7) is 1.93. The molecule has 200 valence electrons. The summed E-state index contributed by atoms with van der Waals surface area (Å²) in [5, 5.41) is 4.99. The molecule has 0 aliphatic rings. The number of fused-ring (bicyclic) bond motifs is 1. The second kappa shape index (κ2) is 11.4. The van der Waals surface area contributed by atoms with E-state index >= 15 is 0 Å². The molecule has 0 radical (unpaired) electrons. The molecule has 0 saturated heterocycles. The molecule has 0 unspecified atom stereocenters. The predicted molar refractivity (Wildman–Crippen MR) is 153 cm³/mol. The molecule has 0 atom stereocenters. The van der Waals surface area contributed by atoms with Crippen LogP contribution in [-0.2, 0) is 0 Å². The van der Waals surface area contributed by atoms with Crippen LogP contribution in [0.5, 0.6) is 11.5 Å². The fourth-order valence-electron chi connectivity index (χ4n) is 4.21. The number of benzene rings is 4. The van der Waals surface area contributed by atoms with Gasteiger partial charge in [-0.3, -0.25) is 4.79 Å². The summed E-state index contributed by atoms with van der Waals surface area (Å²) in [5.41, 5.74) is 5.83. The number of H-pyrrole nitrogens is 1. The van der Waals surface area contributed by atoms with E-state index in [1.54, 1.807) is 66.7 Å². The molecule has 1 heterocycles. The van der Waals surface area contributed by atoms with Crippen LogP contribution in [0.15, 0.2) is 90.0 Å². The van der Waals surface area contributed by atoms with Crippen molar-refractivity contribution >= 4 is 40.6 Å². The van der Waals surface area contributed by atoms with E-state index in [0.29, 0.717) is 38.4 Å². The second-order valence-electron chi connectivity index (χ2n) is 8.88. The molecule has 9 heteroatoms. The summed E-state index contributed by atoms with van der Waals surface area (Å²) in [6, 6.07) is 23.5. The molecular weight excluding hydrogens is 533 g/mol. The number of aromatic nitrogens is 1. The Labute approximate surface area is 234 Å². The van der Waals surface area contributed by atoms with E-state index in [1.807, 2.05) is 19.1 Å². The summed E-state index contributed by atoms with van der Waals surface area (Å²) in [4.78, 5) is 28.6. The van der Waals surface area contributed by atoms with Crippen molar-refractivity contribution in [3.8, 4) is 22.6 Å². The Kier molecular flexibility index (Phi) is 7.61. The number of rotatable bonds is 7. The van der Waals surface area contributed by atoms with E-state index in [-0.39, 0.29) is 17.0 Å². The van der Waals surface area contributed by atoms with E-state index in [1.165, 1.54) is 19.4 Å². The lowest BCUT2D eigenvalue weighted by Crippen LogP contribution is -2.19. The standard InChI is InChI=1S/C31H23ClFN3O4/c1-18-10-13-20(14-11-18)31(38)40-25-15-12-19(16-26(25)39-2)17-34-36-30(37)29-27(21-6-3-4-8-23(21)32)22-7-5-9-24(33)28(22)35-29/h3-17,35H,1-2H3,(H,36,37). The summed E-state index contributed by atoms with van der Waals surface area (Å²) in [7, 11) is 1.45. The minimum absolute atomic E-state index is 0.112. The second-order valence-corrected chi connectivity index (χ2v) is 9.29. The number of carbonyl (C=O) groups is 2. The van der Waals surface area contributed by atoms with Gasteiger partial charge in [0.05, 0.1) is 24.4 Å². The van der Waals surface area contributed by atoms with Crippen molar-refractivity contribution in [1.82, 2.24) is 10.4 Å². The van der Waals surface area contributed by atoms with Crippen LogP contribution in [0.4, 0.5) is 4.39 Å². The molecule has 1 amide bonds. The van der Waals surface area contributed by atoms with Gasteiger partial charge in [-0.25, -0.2) is 14.6 Å². The third-order valence-electron chi connectivity index (χ3n) is 6.21. The molecule has 0 fully saturated rings. The monoisotopic (exact) mass is 555 g/mol. The highest BCUT2D eigenvalue weighted by molar-refractivity contribution is 6.34. The number of hydrogen-bond donors (Lipinski definition) is 2. The van der Waals surface area contributed by atoms with Gasteiger partial charge in [-0.1, -0.05) is 59.6 Å². The van der Waals surface area contributed by atoms with Crippen LogP contribution in [-0.4, -0.2) is 30.2 Å². The van der Waals surface area contributed by atoms with Gasteiger partial charge in [0.1, 0.15) is 11.5 Å². The zero-order chi connectivity index (χ0) is 28.2. The average Bonchev–Trinajstić information content (AvgIpc) is 3.35. The van der Waals surface area contributed by atoms with E-state index < -0.39 is 17.7 Å². The van der Waals surface area contributed by atoms with Gasteiger partial charge < -0.3 is 14.5 Å². The van der Waals surface area contributed by atoms with E-state index in [0.717, 1.165) is 5.56 Å². The van der Waals surface area contributed by atoms with Gasteiger partial charge in [-0.15, -0.1) is 0 Å². The normalized spacial score (nSPS) is 11.1. The molecule has 1 aromatic heterocycles. The molecule has 5 rings (SSSR count). The molecule has 5 aromatic rings. The molecule has 7 nitrogen and oxygen atoms in total. The van der Waals surface area contributed by atoms with Crippen LogP contribution in [0.3, 0.4) is 0 Å². The van der Waals surface area contributed by atoms with Crippen molar-refractivity contribution in [1.29, 1.82) is 0 Å². The Morgan fingerprint density at radius 3 is 2.50 bits per heavy atom. The van der Waals surface area contributed by atoms with Gasteiger partial charge in [-0.2, -0.15) is 5.10 Å². The van der Waals surface area contributed by atoms with Crippen molar-refractivity contribution in [3.63, 3.8) is 0 Å². The van der Waals surface area contributed by atoms with Crippen LogP contribution in [0.1, 0.15) is 32.0 Å². The lowest BCUT2D eigenvalue weighted by molar-refractivity contribution is 0.0729. The smallest absolute Gasteiger partial charge is 0.343 e. The molecule has 4 aromatic carbocycles. The van der Waals surface area contributed by atoms with Gasteiger partial charge in [0.25, 0.3) is 5.91 Å². The van der Waals surface area contributed by atoms with E-state index in [9.17, 15) is 14.0 Å². The highest BCUT2D eigenvalue weighted by atomic mass is 35.5. The molecule has 2 N–H and O–H groups in total. The summed E-state index contributed by atoms with van der Waals surface area (Å²) >= 11 is 6.42. The molecule has 0 saturated carbocycles. The maximum Gasteiger partial charge on any atom is 0.343 e. The van der Waals surface area contributed by atoms with Crippen molar-refractivity contribution in [2.75, 3.05) is 7.11 Å². The first-order valence-electron chi connectivity index (χ1n) is 12.2. The Morgan fingerprint density at radius 1 is 0.975 bits per heavy atom. The number of methoxy groups -OCH3 is 1. The van der Waals surface area contributed by atoms with Crippen LogP contribution in [0.2, 0.25) is 5.02 Å². The number of hydrazone groups is 1. The van der Waals surface area contributed by atoms with Crippen molar-refractivity contribution in [2.24, 2.45) is 5.10 Å². The third kappa shape index (κ3) is 5.43. The van der Waals surface area contributed by atoms with E-state index in [4.69, 9.17) is 21.1 Å². The van der Waals surface area contributed by atoms with Crippen LogP contribution >= 0.6 is 11.6 Å². The van der Waals surface area contributed by atoms with E-state index in [2.05, 4.69) is 15.5 Å². The number of carbonyl (C=O) groups excluding carboxylic acids is 2.